The van der Waals surface area contributed by atoms with E-state index in [1.165, 1.54) is 0 Å². The van der Waals surface area contributed by atoms with E-state index in [2.05, 4.69) is 4.74 Å². The Hall–Kier alpha value is -2.10. The third-order valence-electron chi connectivity index (χ3n) is 1.81. The number of hydrogen-bond donors (Lipinski definition) is 1. The Morgan fingerprint density at radius 1 is 1.31 bits per heavy atom. The number of rotatable bonds is 4. The molecule has 0 spiro atoms. The number of carbonyl (C=O) groups is 2. The number of carbonyl (C=O) groups excluding carboxylic acids is 2. The average molecular weight is 220 g/mol. The van der Waals surface area contributed by atoms with E-state index in [1.54, 1.807) is 37.3 Å². The van der Waals surface area contributed by atoms with Crippen LogP contribution in [0.25, 0.3) is 0 Å². The van der Waals surface area contributed by atoms with Gasteiger partial charge in [0.2, 0.25) is 5.78 Å². The lowest BCUT2D eigenvalue weighted by molar-refractivity contribution is -0.137. The maximum Gasteiger partial charge on any atom is 0.334 e. The largest absolute Gasteiger partial charge is 0.504 e. The van der Waals surface area contributed by atoms with Crippen LogP contribution in [-0.4, -0.2) is 23.5 Å². The molecule has 84 valence electrons. The van der Waals surface area contributed by atoms with Crippen LogP contribution in [0.5, 0.6) is 0 Å². The molecule has 0 heterocycles. The number of Topliss-reactive ketones (excluding diaryl/α,β-unsaturated/α-hetero) is 1. The number of allylic oxidation sites excluding steroid dienone is 1. The summed E-state index contributed by atoms with van der Waals surface area (Å²) < 4.78 is 4.57. The highest BCUT2D eigenvalue weighted by molar-refractivity contribution is 6.09. The maximum atomic E-state index is 11.6. The Labute approximate surface area is 93.2 Å². The van der Waals surface area contributed by atoms with Gasteiger partial charge in [-0.25, -0.2) is 4.79 Å². The summed E-state index contributed by atoms with van der Waals surface area (Å²) in [5.74, 6) is -1.96. The van der Waals surface area contributed by atoms with Crippen molar-refractivity contribution in [1.29, 1.82) is 0 Å². The van der Waals surface area contributed by atoms with Crippen LogP contribution >= 0.6 is 0 Å². The molecule has 0 aliphatic rings. The molecule has 0 unspecified atom stereocenters. The quantitative estimate of drug-likeness (QED) is 0.364. The normalized spacial score (nSPS) is 10.9. The molecule has 16 heavy (non-hydrogen) atoms. The van der Waals surface area contributed by atoms with Crippen molar-refractivity contribution in [3.8, 4) is 0 Å². The van der Waals surface area contributed by atoms with Crippen LogP contribution in [0.1, 0.15) is 17.3 Å². The highest BCUT2D eigenvalue weighted by atomic mass is 16.5. The summed E-state index contributed by atoms with van der Waals surface area (Å²) in [7, 11) is 0. The van der Waals surface area contributed by atoms with E-state index in [0.717, 1.165) is 6.08 Å². The summed E-state index contributed by atoms with van der Waals surface area (Å²) in [6.45, 7) is 1.84. The van der Waals surface area contributed by atoms with Crippen molar-refractivity contribution in [1.82, 2.24) is 0 Å². The third-order valence-corrected chi connectivity index (χ3v) is 1.81. The zero-order valence-electron chi connectivity index (χ0n) is 8.84. The smallest absolute Gasteiger partial charge is 0.334 e. The Bertz CT molecular complexity index is 406. The number of aliphatic hydroxyl groups excluding tert-OH is 1. The Balaban J connectivity index is 2.79. The van der Waals surface area contributed by atoms with Gasteiger partial charge in [0.05, 0.1) is 12.7 Å². The van der Waals surface area contributed by atoms with Crippen LogP contribution < -0.4 is 0 Å². The number of hydrogen-bond acceptors (Lipinski definition) is 4. The number of ketones is 1. The predicted molar refractivity (Wildman–Crippen MR) is 58.1 cm³/mol. The van der Waals surface area contributed by atoms with Gasteiger partial charge in [-0.1, -0.05) is 30.3 Å². The minimum absolute atomic E-state index is 0.197. The minimum Gasteiger partial charge on any atom is -0.504 e. The van der Waals surface area contributed by atoms with Crippen LogP contribution in [0, 0.1) is 0 Å². The monoisotopic (exact) mass is 220 g/mol. The molecule has 0 aliphatic heterocycles. The van der Waals surface area contributed by atoms with Crippen LogP contribution in [0.2, 0.25) is 0 Å². The first-order chi connectivity index (χ1) is 7.65. The molecule has 1 rings (SSSR count). The van der Waals surface area contributed by atoms with E-state index in [4.69, 9.17) is 0 Å². The van der Waals surface area contributed by atoms with E-state index in [0.29, 0.717) is 5.56 Å². The van der Waals surface area contributed by atoms with Gasteiger partial charge in [0.1, 0.15) is 0 Å². The van der Waals surface area contributed by atoms with Crippen molar-refractivity contribution in [3.05, 3.63) is 47.7 Å². The van der Waals surface area contributed by atoms with E-state index in [9.17, 15) is 14.7 Å². The first-order valence-electron chi connectivity index (χ1n) is 4.82. The zero-order chi connectivity index (χ0) is 12.0. The molecule has 1 N–H and O–H groups in total. The molecule has 0 fully saturated rings. The highest BCUT2D eigenvalue weighted by Crippen LogP contribution is 2.05. The maximum absolute atomic E-state index is 11.6. The van der Waals surface area contributed by atoms with Crippen molar-refractivity contribution in [2.45, 2.75) is 6.92 Å². The number of esters is 1. The Morgan fingerprint density at radius 3 is 2.50 bits per heavy atom. The lowest BCUT2D eigenvalue weighted by atomic mass is 10.1. The highest BCUT2D eigenvalue weighted by Gasteiger charge is 2.12. The molecule has 4 nitrogen and oxygen atoms in total. The van der Waals surface area contributed by atoms with Gasteiger partial charge in [-0.3, -0.25) is 4.79 Å². The first kappa shape index (κ1) is 12.0. The topological polar surface area (TPSA) is 63.6 Å². The van der Waals surface area contributed by atoms with E-state index >= 15 is 0 Å². The van der Waals surface area contributed by atoms with Gasteiger partial charge in [-0.05, 0) is 6.92 Å². The number of ether oxygens (including phenoxy) is 1. The molecule has 0 saturated carbocycles. The summed E-state index contributed by atoms with van der Waals surface area (Å²) in [6, 6.07) is 8.20. The van der Waals surface area contributed by atoms with Gasteiger partial charge in [-0.15, -0.1) is 0 Å². The van der Waals surface area contributed by atoms with Crippen molar-refractivity contribution < 1.29 is 19.4 Å². The summed E-state index contributed by atoms with van der Waals surface area (Å²) in [5, 5.41) is 9.38. The molecule has 1 aromatic carbocycles. The second kappa shape index (κ2) is 5.70. The van der Waals surface area contributed by atoms with E-state index in [-0.39, 0.29) is 6.61 Å². The standard InChI is InChI=1S/C12H12O4/c1-2-16-11(14)8-10(13)12(15)9-6-4-3-5-7-9/h3-8,13H,2H2,1H3/b10-8-. The second-order valence-corrected chi connectivity index (χ2v) is 2.98. The van der Waals surface area contributed by atoms with Gasteiger partial charge in [0.15, 0.2) is 5.76 Å². The molecule has 4 heteroatoms. The Morgan fingerprint density at radius 2 is 1.94 bits per heavy atom. The van der Waals surface area contributed by atoms with Gasteiger partial charge < -0.3 is 9.84 Å². The molecular weight excluding hydrogens is 208 g/mol. The van der Waals surface area contributed by atoms with Crippen molar-refractivity contribution in [2.24, 2.45) is 0 Å². The van der Waals surface area contributed by atoms with Crippen molar-refractivity contribution >= 4 is 11.8 Å². The molecule has 0 radical (unpaired) electrons. The molecule has 0 aromatic heterocycles. The van der Waals surface area contributed by atoms with Gasteiger partial charge in [0, 0.05) is 5.56 Å². The third kappa shape index (κ3) is 3.24. The average Bonchev–Trinajstić information content (AvgIpc) is 2.29. The molecule has 0 atom stereocenters. The van der Waals surface area contributed by atoms with E-state index < -0.39 is 17.5 Å². The number of benzene rings is 1. The van der Waals surface area contributed by atoms with Crippen molar-refractivity contribution in [3.63, 3.8) is 0 Å². The molecule has 0 amide bonds. The Kier molecular flexibility index (Phi) is 4.27. The lowest BCUT2D eigenvalue weighted by Crippen LogP contribution is -2.07. The second-order valence-electron chi connectivity index (χ2n) is 2.98. The predicted octanol–water partition coefficient (Wildman–Crippen LogP) is 1.87. The zero-order valence-corrected chi connectivity index (χ0v) is 8.84. The van der Waals surface area contributed by atoms with Crippen LogP contribution in [0.4, 0.5) is 0 Å². The van der Waals surface area contributed by atoms with Crippen LogP contribution in [-0.2, 0) is 9.53 Å². The fourth-order valence-corrected chi connectivity index (χ4v) is 1.10. The minimum atomic E-state index is -0.732. The SMILES string of the molecule is CCOC(=O)/C=C(\O)C(=O)c1ccccc1. The molecular formula is C12H12O4. The van der Waals surface area contributed by atoms with Crippen LogP contribution in [0.15, 0.2) is 42.2 Å². The first-order valence-corrected chi connectivity index (χ1v) is 4.82. The molecule has 0 bridgehead atoms. The lowest BCUT2D eigenvalue weighted by Gasteiger charge is -2.00. The number of aliphatic hydroxyl groups is 1. The summed E-state index contributed by atoms with van der Waals surface area (Å²) in [5.41, 5.74) is 0.320. The summed E-state index contributed by atoms with van der Waals surface area (Å²) >= 11 is 0. The molecule has 0 saturated heterocycles. The molecule has 0 aliphatic carbocycles. The fraction of sp³-hybridized carbons (Fsp3) is 0.167. The van der Waals surface area contributed by atoms with E-state index in [1.807, 2.05) is 0 Å². The van der Waals surface area contributed by atoms with Gasteiger partial charge in [0.25, 0.3) is 0 Å². The van der Waals surface area contributed by atoms with Gasteiger partial charge in [-0.2, -0.15) is 0 Å². The summed E-state index contributed by atoms with van der Waals surface area (Å²) in [6.07, 6.45) is 0.777. The fourth-order valence-electron chi connectivity index (χ4n) is 1.10. The van der Waals surface area contributed by atoms with Crippen molar-refractivity contribution in [2.75, 3.05) is 6.61 Å². The molecule has 1 aromatic rings. The van der Waals surface area contributed by atoms with Crippen LogP contribution in [0.3, 0.4) is 0 Å². The summed E-state index contributed by atoms with van der Waals surface area (Å²) in [4.78, 5) is 22.5. The van der Waals surface area contributed by atoms with Gasteiger partial charge >= 0.3 is 5.97 Å².